The van der Waals surface area contributed by atoms with Crippen LogP contribution in [0.5, 0.6) is 0 Å². The van der Waals surface area contributed by atoms with Crippen LogP contribution in [0.15, 0.2) is 58.9 Å². The van der Waals surface area contributed by atoms with E-state index in [4.69, 9.17) is 0 Å². The summed E-state index contributed by atoms with van der Waals surface area (Å²) in [6.45, 7) is 1.95. The Hall–Kier alpha value is -2.22. The van der Waals surface area contributed by atoms with E-state index in [0.29, 0.717) is 5.75 Å². The molecule has 130 valence electrons. The van der Waals surface area contributed by atoms with E-state index in [-0.39, 0.29) is 5.91 Å². The van der Waals surface area contributed by atoms with Crippen LogP contribution in [0, 0.1) is 6.92 Å². The van der Waals surface area contributed by atoms with Crippen LogP contribution in [0.4, 0.5) is 5.00 Å². The molecule has 4 rings (SSSR count). The number of benzene rings is 2. The summed E-state index contributed by atoms with van der Waals surface area (Å²) in [7, 11) is 0. The van der Waals surface area contributed by atoms with Crippen LogP contribution in [-0.4, -0.2) is 21.6 Å². The van der Waals surface area contributed by atoms with Crippen molar-refractivity contribution >= 4 is 55.6 Å². The van der Waals surface area contributed by atoms with Crippen molar-refractivity contribution in [3.63, 3.8) is 0 Å². The predicted octanol–water partition coefficient (Wildman–Crippen LogP) is 5.46. The third-order valence-corrected chi connectivity index (χ3v) is 6.70. The van der Waals surface area contributed by atoms with Crippen LogP contribution in [0.1, 0.15) is 5.01 Å². The number of thiazole rings is 2. The normalized spacial score (nSPS) is 11.0. The highest BCUT2D eigenvalue weighted by Crippen LogP contribution is 2.33. The molecule has 7 heteroatoms. The quantitative estimate of drug-likeness (QED) is 0.454. The Labute approximate surface area is 163 Å². The minimum absolute atomic E-state index is 0.0462. The zero-order chi connectivity index (χ0) is 17.9. The van der Waals surface area contributed by atoms with Crippen LogP contribution in [0.2, 0.25) is 0 Å². The average molecular weight is 398 g/mol. The number of para-hydroxylation sites is 1. The maximum absolute atomic E-state index is 12.4. The van der Waals surface area contributed by atoms with Crippen molar-refractivity contribution in [2.24, 2.45) is 0 Å². The minimum Gasteiger partial charge on any atom is -0.315 e. The molecule has 0 spiro atoms. The van der Waals surface area contributed by atoms with Crippen molar-refractivity contribution in [2.45, 2.75) is 11.3 Å². The summed E-state index contributed by atoms with van der Waals surface area (Å²) in [6.07, 6.45) is 0. The van der Waals surface area contributed by atoms with Gasteiger partial charge in [-0.15, -0.1) is 22.7 Å². The van der Waals surface area contributed by atoms with Crippen LogP contribution < -0.4 is 5.32 Å². The Kier molecular flexibility index (Phi) is 5.01. The molecule has 0 fully saturated rings. The van der Waals surface area contributed by atoms with Gasteiger partial charge in [0, 0.05) is 5.56 Å². The largest absolute Gasteiger partial charge is 0.315 e. The lowest BCUT2D eigenvalue weighted by Crippen LogP contribution is -2.13. The van der Waals surface area contributed by atoms with Crippen LogP contribution in [0.3, 0.4) is 0 Å². The molecule has 0 aliphatic rings. The first-order chi connectivity index (χ1) is 12.7. The summed E-state index contributed by atoms with van der Waals surface area (Å²) in [4.78, 5) is 21.5. The lowest BCUT2D eigenvalue weighted by Gasteiger charge is -2.04. The van der Waals surface area contributed by atoms with Gasteiger partial charge >= 0.3 is 0 Å². The van der Waals surface area contributed by atoms with E-state index in [2.05, 4.69) is 15.3 Å². The molecule has 1 amide bonds. The molecule has 1 N–H and O–H groups in total. The fourth-order valence-corrected chi connectivity index (χ4v) is 5.23. The molecule has 2 heterocycles. The van der Waals surface area contributed by atoms with Gasteiger partial charge in [-0.3, -0.25) is 4.79 Å². The summed E-state index contributed by atoms with van der Waals surface area (Å²) >= 11 is 4.57. The fraction of sp³-hybridized carbons (Fsp3) is 0.105. The number of anilines is 1. The topological polar surface area (TPSA) is 54.9 Å². The Morgan fingerprint density at radius 1 is 1.04 bits per heavy atom. The molecule has 4 aromatic rings. The molecule has 2 aromatic carbocycles. The first-order valence-electron chi connectivity index (χ1n) is 8.00. The van der Waals surface area contributed by atoms with Crippen molar-refractivity contribution in [3.8, 4) is 11.3 Å². The Balaban J connectivity index is 1.45. The van der Waals surface area contributed by atoms with Gasteiger partial charge in [0.25, 0.3) is 0 Å². The highest BCUT2D eigenvalue weighted by Gasteiger charge is 2.14. The van der Waals surface area contributed by atoms with Gasteiger partial charge in [-0.25, -0.2) is 9.97 Å². The fourth-order valence-electron chi connectivity index (χ4n) is 2.51. The number of rotatable bonds is 5. The number of hydrogen-bond acceptors (Lipinski definition) is 6. The van der Waals surface area contributed by atoms with Gasteiger partial charge in [-0.1, -0.05) is 54.2 Å². The van der Waals surface area contributed by atoms with Crippen LogP contribution >= 0.6 is 34.4 Å². The van der Waals surface area contributed by atoms with Crippen LogP contribution in [0.25, 0.3) is 21.5 Å². The number of carbonyl (C=O) groups is 1. The zero-order valence-electron chi connectivity index (χ0n) is 13.9. The molecule has 0 atom stereocenters. The SMILES string of the molecule is Cc1nc(-c2ccccc2)c(NC(=O)CSc2nc3ccccc3s2)s1. The molecular weight excluding hydrogens is 382 g/mol. The average Bonchev–Trinajstić information content (AvgIpc) is 3.23. The molecule has 26 heavy (non-hydrogen) atoms. The second-order valence-corrected chi connectivity index (χ2v) is 9.02. The lowest BCUT2D eigenvalue weighted by molar-refractivity contribution is -0.113. The van der Waals surface area contributed by atoms with E-state index in [1.54, 1.807) is 11.3 Å². The van der Waals surface area contributed by atoms with E-state index in [9.17, 15) is 4.79 Å². The molecule has 0 radical (unpaired) electrons. The number of nitrogens with one attached hydrogen (secondary N) is 1. The molecule has 0 aliphatic carbocycles. The third kappa shape index (κ3) is 3.80. The van der Waals surface area contributed by atoms with Gasteiger partial charge in [0.05, 0.1) is 21.0 Å². The Bertz CT molecular complexity index is 1020. The molecule has 2 aromatic heterocycles. The minimum atomic E-state index is -0.0462. The zero-order valence-corrected chi connectivity index (χ0v) is 16.4. The number of fused-ring (bicyclic) bond motifs is 1. The molecule has 0 saturated heterocycles. The maximum Gasteiger partial charge on any atom is 0.235 e. The van der Waals surface area contributed by atoms with Crippen molar-refractivity contribution < 1.29 is 4.79 Å². The summed E-state index contributed by atoms with van der Waals surface area (Å²) in [5.74, 6) is 0.278. The monoisotopic (exact) mass is 397 g/mol. The van der Waals surface area contributed by atoms with Gasteiger partial charge in [0.15, 0.2) is 4.34 Å². The van der Waals surface area contributed by atoms with E-state index in [1.807, 2.05) is 61.5 Å². The van der Waals surface area contributed by atoms with E-state index in [0.717, 1.165) is 35.8 Å². The highest BCUT2D eigenvalue weighted by atomic mass is 32.2. The van der Waals surface area contributed by atoms with E-state index in [1.165, 1.54) is 23.1 Å². The molecular formula is C19H15N3OS3. The van der Waals surface area contributed by atoms with E-state index >= 15 is 0 Å². The summed E-state index contributed by atoms with van der Waals surface area (Å²) in [5, 5.41) is 4.73. The summed E-state index contributed by atoms with van der Waals surface area (Å²) in [6, 6.07) is 17.9. The first kappa shape index (κ1) is 17.2. The number of nitrogens with zero attached hydrogens (tertiary/aromatic N) is 2. The number of carbonyl (C=O) groups excluding carboxylic acids is 1. The summed E-state index contributed by atoms with van der Waals surface area (Å²) < 4.78 is 2.05. The van der Waals surface area contributed by atoms with Gasteiger partial charge in [-0.2, -0.15) is 0 Å². The van der Waals surface area contributed by atoms with Crippen molar-refractivity contribution in [1.29, 1.82) is 0 Å². The molecule has 0 saturated carbocycles. The van der Waals surface area contributed by atoms with Crippen molar-refractivity contribution in [1.82, 2.24) is 9.97 Å². The van der Waals surface area contributed by atoms with Gasteiger partial charge in [-0.05, 0) is 19.1 Å². The molecule has 0 aliphatic heterocycles. The summed E-state index contributed by atoms with van der Waals surface area (Å²) in [5.41, 5.74) is 2.81. The molecule has 0 bridgehead atoms. The highest BCUT2D eigenvalue weighted by molar-refractivity contribution is 8.01. The smallest absolute Gasteiger partial charge is 0.235 e. The number of hydrogen-bond donors (Lipinski definition) is 1. The lowest BCUT2D eigenvalue weighted by atomic mass is 10.2. The van der Waals surface area contributed by atoms with Gasteiger partial charge in [0.1, 0.15) is 10.7 Å². The number of amides is 1. The molecule has 0 unspecified atom stereocenters. The molecule has 4 nitrogen and oxygen atoms in total. The standard InChI is InChI=1S/C19H15N3OS3/c1-12-20-17(13-7-3-2-4-8-13)18(25-12)22-16(23)11-24-19-21-14-9-5-6-10-15(14)26-19/h2-10H,11H2,1H3,(H,22,23). The Morgan fingerprint density at radius 2 is 1.81 bits per heavy atom. The maximum atomic E-state index is 12.4. The predicted molar refractivity (Wildman–Crippen MR) is 111 cm³/mol. The van der Waals surface area contributed by atoms with Crippen molar-refractivity contribution in [2.75, 3.05) is 11.1 Å². The number of thioether (sulfide) groups is 1. The Morgan fingerprint density at radius 3 is 2.62 bits per heavy atom. The van der Waals surface area contributed by atoms with Gasteiger partial charge in [0.2, 0.25) is 5.91 Å². The second kappa shape index (κ2) is 7.57. The second-order valence-electron chi connectivity index (χ2n) is 5.56. The van der Waals surface area contributed by atoms with E-state index < -0.39 is 0 Å². The third-order valence-electron chi connectivity index (χ3n) is 3.64. The number of aromatic nitrogens is 2. The van der Waals surface area contributed by atoms with Crippen LogP contribution in [-0.2, 0) is 4.79 Å². The first-order valence-corrected chi connectivity index (χ1v) is 10.6. The van der Waals surface area contributed by atoms with Gasteiger partial charge < -0.3 is 5.32 Å². The number of aryl methyl sites for hydroxylation is 1. The van der Waals surface area contributed by atoms with Crippen molar-refractivity contribution in [3.05, 3.63) is 59.6 Å².